The number of nitrogens with two attached hydrogens (primary N) is 1. The van der Waals surface area contributed by atoms with Crippen LogP contribution in [0.2, 0.25) is 5.02 Å². The van der Waals surface area contributed by atoms with Crippen LogP contribution in [0.1, 0.15) is 38.2 Å². The van der Waals surface area contributed by atoms with Gasteiger partial charge in [-0.15, -0.1) is 0 Å². The van der Waals surface area contributed by atoms with Gasteiger partial charge in [0.05, 0.1) is 5.75 Å². The zero-order valence-electron chi connectivity index (χ0n) is 16.6. The van der Waals surface area contributed by atoms with Crippen molar-refractivity contribution in [2.45, 2.75) is 18.8 Å². The molecule has 1 aliphatic rings. The fourth-order valence-corrected chi connectivity index (χ4v) is 4.36. The predicted molar refractivity (Wildman–Crippen MR) is 123 cm³/mol. The Labute approximate surface area is 187 Å². The molecule has 2 N–H and O–H groups in total. The summed E-state index contributed by atoms with van der Waals surface area (Å²) in [5, 5.41) is 0.656. The molecule has 4 rings (SSSR count). The van der Waals surface area contributed by atoms with Gasteiger partial charge in [0.15, 0.2) is 0 Å². The maximum absolute atomic E-state index is 11.7. The molecule has 1 aliphatic heterocycles. The van der Waals surface area contributed by atoms with Crippen molar-refractivity contribution in [2.75, 3.05) is 0 Å². The normalized spacial score (nSPS) is 13.1. The first-order valence-electron chi connectivity index (χ1n) is 9.73. The van der Waals surface area contributed by atoms with Crippen molar-refractivity contribution >= 4 is 33.8 Å². The largest absolute Gasteiger partial charge is 0.368 e. The molecule has 31 heavy (non-hydrogen) atoms. The first-order valence-corrected chi connectivity index (χ1v) is 11.5. The van der Waals surface area contributed by atoms with Crippen molar-refractivity contribution < 1.29 is 13.2 Å². The molecule has 0 radical (unpaired) electrons. The Hall–Kier alpha value is -3.09. The number of amides is 1. The fourth-order valence-electron chi connectivity index (χ4n) is 3.73. The Morgan fingerprint density at radius 2 is 1.65 bits per heavy atom. The second kappa shape index (κ2) is 8.96. The average Bonchev–Trinajstić information content (AvgIpc) is 2.74. The SMILES string of the molecule is NC(=O)c1ccc2c(c1)C(c1ccc(Cl)cc1)=CN(Cc1ccc(C[SH](=O)=O)cc1)C2. The van der Waals surface area contributed by atoms with Crippen LogP contribution in [0.15, 0.2) is 72.9 Å². The van der Waals surface area contributed by atoms with Crippen LogP contribution in [0.3, 0.4) is 0 Å². The number of benzene rings is 3. The summed E-state index contributed by atoms with van der Waals surface area (Å²) in [6.45, 7) is 1.34. The van der Waals surface area contributed by atoms with E-state index in [0.717, 1.165) is 33.4 Å². The van der Waals surface area contributed by atoms with Gasteiger partial charge in [0.1, 0.15) is 10.7 Å². The summed E-state index contributed by atoms with van der Waals surface area (Å²) in [7, 11) is -2.44. The smallest absolute Gasteiger partial charge is 0.248 e. The number of hydrogen-bond donors (Lipinski definition) is 2. The van der Waals surface area contributed by atoms with Crippen LogP contribution >= 0.6 is 11.6 Å². The number of nitrogens with zero attached hydrogens (tertiary/aromatic N) is 1. The lowest BCUT2D eigenvalue weighted by Gasteiger charge is -2.29. The number of halogens is 1. The van der Waals surface area contributed by atoms with Crippen LogP contribution in [0.4, 0.5) is 0 Å². The van der Waals surface area contributed by atoms with Crippen LogP contribution in [0, 0.1) is 0 Å². The van der Waals surface area contributed by atoms with Crippen molar-refractivity contribution in [3.63, 3.8) is 0 Å². The van der Waals surface area contributed by atoms with E-state index in [1.54, 1.807) is 6.07 Å². The quantitative estimate of drug-likeness (QED) is 0.555. The van der Waals surface area contributed by atoms with Crippen LogP contribution in [-0.2, 0) is 29.5 Å². The van der Waals surface area contributed by atoms with Gasteiger partial charge in [-0.05, 0) is 52.1 Å². The number of carbonyl (C=O) groups excluding carboxylic acids is 1. The van der Waals surface area contributed by atoms with E-state index < -0.39 is 16.6 Å². The molecule has 158 valence electrons. The zero-order valence-corrected chi connectivity index (χ0v) is 18.3. The van der Waals surface area contributed by atoms with Crippen molar-refractivity contribution in [3.8, 4) is 0 Å². The molecule has 0 spiro atoms. The van der Waals surface area contributed by atoms with E-state index in [2.05, 4.69) is 11.1 Å². The Morgan fingerprint density at radius 1 is 0.968 bits per heavy atom. The maximum Gasteiger partial charge on any atom is 0.248 e. The highest BCUT2D eigenvalue weighted by Gasteiger charge is 2.20. The van der Waals surface area contributed by atoms with E-state index in [9.17, 15) is 13.2 Å². The Morgan fingerprint density at radius 3 is 2.29 bits per heavy atom. The number of primary amides is 1. The van der Waals surface area contributed by atoms with Crippen molar-refractivity contribution in [3.05, 3.63) is 111 Å². The molecule has 1 heterocycles. The zero-order chi connectivity index (χ0) is 22.0. The van der Waals surface area contributed by atoms with Gasteiger partial charge in [-0.1, -0.05) is 54.1 Å². The van der Waals surface area contributed by atoms with Gasteiger partial charge in [0.2, 0.25) is 5.91 Å². The van der Waals surface area contributed by atoms with Crippen molar-refractivity contribution in [1.29, 1.82) is 0 Å². The molecular formula is C24H21ClN2O3S. The van der Waals surface area contributed by atoms with E-state index >= 15 is 0 Å². The number of rotatable bonds is 6. The molecule has 5 nitrogen and oxygen atoms in total. The standard InChI is InChI=1S/C24H21ClN2O3S/c25-21-9-7-18(8-10-21)23-14-27(12-16-1-3-17(4-2-16)15-31(29)30)13-20-6-5-19(24(26)28)11-22(20)23/h1-11,14,31H,12-13,15H2,(H2,26,28). The molecule has 3 aromatic rings. The first-order chi connectivity index (χ1) is 14.9. The predicted octanol–water partition coefficient (Wildman–Crippen LogP) is 3.96. The van der Waals surface area contributed by atoms with Gasteiger partial charge in [0, 0.05) is 35.4 Å². The van der Waals surface area contributed by atoms with Crippen molar-refractivity contribution in [2.24, 2.45) is 5.73 Å². The third-order valence-electron chi connectivity index (χ3n) is 5.25. The summed E-state index contributed by atoms with van der Waals surface area (Å²) in [4.78, 5) is 13.9. The minimum atomic E-state index is -2.44. The molecule has 7 heteroatoms. The molecule has 3 aromatic carbocycles. The van der Waals surface area contributed by atoms with Crippen LogP contribution in [0.25, 0.3) is 5.57 Å². The summed E-state index contributed by atoms with van der Waals surface area (Å²) in [5.74, 6) is -0.407. The third-order valence-corrected chi connectivity index (χ3v) is 6.12. The highest BCUT2D eigenvalue weighted by molar-refractivity contribution is 7.71. The number of thiol groups is 1. The third kappa shape index (κ3) is 4.98. The Kier molecular flexibility index (Phi) is 6.11. The Balaban J connectivity index is 1.68. The number of carbonyl (C=O) groups is 1. The van der Waals surface area contributed by atoms with E-state index in [1.165, 1.54) is 0 Å². The fraction of sp³-hybridized carbons (Fsp3) is 0.125. The summed E-state index contributed by atoms with van der Waals surface area (Å²) >= 11 is 6.07. The van der Waals surface area contributed by atoms with Crippen LogP contribution < -0.4 is 5.73 Å². The number of hydrogen-bond acceptors (Lipinski definition) is 4. The second-order valence-electron chi connectivity index (χ2n) is 7.50. The van der Waals surface area contributed by atoms with E-state index in [4.69, 9.17) is 17.3 Å². The minimum absolute atomic E-state index is 0.0511. The van der Waals surface area contributed by atoms with Crippen molar-refractivity contribution in [1.82, 2.24) is 4.90 Å². The Bertz CT molecular complexity index is 1220. The lowest BCUT2D eigenvalue weighted by Crippen LogP contribution is -2.22. The number of fused-ring (bicyclic) bond motifs is 1. The van der Waals surface area contributed by atoms with Gasteiger partial charge < -0.3 is 10.6 Å². The van der Waals surface area contributed by atoms with E-state index in [-0.39, 0.29) is 5.75 Å². The summed E-state index contributed by atoms with van der Waals surface area (Å²) in [6.07, 6.45) is 2.08. The molecule has 0 aliphatic carbocycles. The molecule has 0 saturated heterocycles. The van der Waals surface area contributed by atoms with Gasteiger partial charge in [-0.2, -0.15) is 0 Å². The van der Waals surface area contributed by atoms with Gasteiger partial charge >= 0.3 is 0 Å². The highest BCUT2D eigenvalue weighted by Crippen LogP contribution is 2.34. The molecular weight excluding hydrogens is 432 g/mol. The molecule has 1 amide bonds. The van der Waals surface area contributed by atoms with Gasteiger partial charge in [-0.3, -0.25) is 4.79 Å². The van der Waals surface area contributed by atoms with E-state index in [1.807, 2.05) is 60.7 Å². The molecule has 0 aromatic heterocycles. The summed E-state index contributed by atoms with van der Waals surface area (Å²) in [6, 6.07) is 20.7. The van der Waals surface area contributed by atoms with E-state index in [0.29, 0.717) is 23.7 Å². The molecule has 0 fully saturated rings. The monoisotopic (exact) mass is 452 g/mol. The first kappa shape index (κ1) is 21.2. The maximum atomic E-state index is 11.7. The highest BCUT2D eigenvalue weighted by atomic mass is 35.5. The lowest BCUT2D eigenvalue weighted by molar-refractivity contribution is 0.1000. The summed E-state index contributed by atoms with van der Waals surface area (Å²) in [5.41, 5.74) is 11.9. The van der Waals surface area contributed by atoms with Gasteiger partial charge in [-0.25, -0.2) is 8.42 Å². The molecule has 0 unspecified atom stereocenters. The second-order valence-corrected chi connectivity index (χ2v) is 8.92. The molecule has 0 saturated carbocycles. The lowest BCUT2D eigenvalue weighted by atomic mass is 9.90. The van der Waals surface area contributed by atoms with Crippen LogP contribution in [0.5, 0.6) is 0 Å². The van der Waals surface area contributed by atoms with Gasteiger partial charge in [0.25, 0.3) is 0 Å². The minimum Gasteiger partial charge on any atom is -0.368 e. The van der Waals surface area contributed by atoms with Crippen LogP contribution in [-0.4, -0.2) is 19.2 Å². The molecule has 0 bridgehead atoms. The average molecular weight is 453 g/mol. The summed E-state index contributed by atoms with van der Waals surface area (Å²) < 4.78 is 21.9. The molecule has 0 atom stereocenters. The topological polar surface area (TPSA) is 80.5 Å².